The van der Waals surface area contributed by atoms with Gasteiger partial charge in [0.2, 0.25) is 5.91 Å². The number of nitrogens with two attached hydrogens (primary N) is 2. The van der Waals surface area contributed by atoms with Crippen LogP contribution in [0.15, 0.2) is 65.6 Å². The van der Waals surface area contributed by atoms with Crippen LogP contribution in [0, 0.1) is 0 Å². The van der Waals surface area contributed by atoms with E-state index in [0.717, 1.165) is 5.56 Å². The lowest BCUT2D eigenvalue weighted by Crippen LogP contribution is -2.30. The lowest BCUT2D eigenvalue weighted by atomic mass is 10.0. The Kier molecular flexibility index (Phi) is 8.09. The quantitative estimate of drug-likeness (QED) is 0.218. The summed E-state index contributed by atoms with van der Waals surface area (Å²) in [6, 6.07) is 14.9. The van der Waals surface area contributed by atoms with E-state index in [0.29, 0.717) is 18.4 Å². The number of nitrogens with one attached hydrogen (secondary N) is 3. The third-order valence-corrected chi connectivity index (χ3v) is 5.99. The fourth-order valence-electron chi connectivity index (χ4n) is 3.81. The highest BCUT2D eigenvalue weighted by Crippen LogP contribution is 2.25. The highest BCUT2D eigenvalue weighted by molar-refractivity contribution is 6.34. The second-order valence-electron chi connectivity index (χ2n) is 8.41. The largest absolute Gasteiger partial charge is 0.369 e. The van der Waals surface area contributed by atoms with E-state index >= 15 is 0 Å². The van der Waals surface area contributed by atoms with Gasteiger partial charge in [-0.15, -0.1) is 0 Å². The Bertz CT molecular complexity index is 1570. The molecular weight excluding hydrogens is 510 g/mol. The molecule has 0 radical (unpaired) electrons. The molecular formula is C26H24ClN7O4. The summed E-state index contributed by atoms with van der Waals surface area (Å²) in [4.78, 5) is 60.3. The average molecular weight is 534 g/mol. The molecule has 3 amide bonds. The number of amides is 3. The van der Waals surface area contributed by atoms with Crippen molar-refractivity contribution in [1.82, 2.24) is 20.3 Å². The summed E-state index contributed by atoms with van der Waals surface area (Å²) in [6.07, 6.45) is 1.71. The first-order valence-electron chi connectivity index (χ1n) is 11.6. The number of carbonyl (C=O) groups excluding carboxylic acids is 3. The molecule has 1 atom stereocenters. The van der Waals surface area contributed by atoms with Gasteiger partial charge in [-0.3, -0.25) is 19.2 Å². The molecule has 4 rings (SSSR count). The van der Waals surface area contributed by atoms with Gasteiger partial charge in [-0.2, -0.15) is 0 Å². The first-order valence-corrected chi connectivity index (χ1v) is 12.0. The van der Waals surface area contributed by atoms with Crippen LogP contribution in [0.2, 0.25) is 5.02 Å². The topological polar surface area (TPSA) is 186 Å². The van der Waals surface area contributed by atoms with E-state index in [1.165, 1.54) is 30.5 Å². The number of H-pyrrole nitrogens is 1. The van der Waals surface area contributed by atoms with Crippen LogP contribution in [0.5, 0.6) is 0 Å². The van der Waals surface area contributed by atoms with Gasteiger partial charge in [0.25, 0.3) is 17.4 Å². The summed E-state index contributed by atoms with van der Waals surface area (Å²) in [5, 5.41) is 6.08. The summed E-state index contributed by atoms with van der Waals surface area (Å²) in [7, 11) is 0. The molecule has 7 N–H and O–H groups in total. The molecule has 1 unspecified atom stereocenters. The molecule has 0 aliphatic carbocycles. The van der Waals surface area contributed by atoms with Gasteiger partial charge in [0.15, 0.2) is 0 Å². The molecule has 0 spiro atoms. The maximum atomic E-state index is 13.0. The summed E-state index contributed by atoms with van der Waals surface area (Å²) < 4.78 is 0. The van der Waals surface area contributed by atoms with Crippen LogP contribution in [-0.4, -0.2) is 39.2 Å². The highest BCUT2D eigenvalue weighted by atomic mass is 35.5. The Morgan fingerprint density at radius 3 is 2.53 bits per heavy atom. The zero-order valence-corrected chi connectivity index (χ0v) is 20.8. The minimum absolute atomic E-state index is 0.140. The van der Waals surface area contributed by atoms with Crippen LogP contribution in [0.1, 0.15) is 44.6 Å². The van der Waals surface area contributed by atoms with Gasteiger partial charge in [-0.05, 0) is 42.8 Å². The molecule has 2 aromatic heterocycles. The van der Waals surface area contributed by atoms with Gasteiger partial charge >= 0.3 is 0 Å². The molecule has 38 heavy (non-hydrogen) atoms. The minimum atomic E-state index is -0.751. The second-order valence-corrected chi connectivity index (χ2v) is 8.82. The van der Waals surface area contributed by atoms with Gasteiger partial charge in [0.1, 0.15) is 17.0 Å². The molecule has 0 saturated carbocycles. The molecule has 0 saturated heterocycles. The fourth-order valence-corrected chi connectivity index (χ4v) is 3.97. The number of rotatable bonds is 9. The molecule has 0 aliphatic rings. The van der Waals surface area contributed by atoms with Crippen molar-refractivity contribution in [2.75, 3.05) is 11.9 Å². The summed E-state index contributed by atoms with van der Waals surface area (Å²) in [5.41, 5.74) is 11.4. The van der Waals surface area contributed by atoms with Crippen molar-refractivity contribution in [2.45, 2.75) is 18.9 Å². The van der Waals surface area contributed by atoms with Crippen molar-refractivity contribution in [2.24, 2.45) is 11.5 Å². The first-order chi connectivity index (χ1) is 18.2. The highest BCUT2D eigenvalue weighted by Gasteiger charge is 2.19. The molecule has 0 aliphatic heterocycles. The molecule has 12 heteroatoms. The number of hydrogen-bond donors (Lipinski definition) is 5. The van der Waals surface area contributed by atoms with Crippen LogP contribution in [0.25, 0.3) is 11.0 Å². The van der Waals surface area contributed by atoms with Gasteiger partial charge in [-0.1, -0.05) is 41.9 Å². The zero-order valence-electron chi connectivity index (χ0n) is 20.0. The van der Waals surface area contributed by atoms with E-state index in [2.05, 4.69) is 25.6 Å². The smallest absolute Gasteiger partial charge is 0.262 e. The predicted octanol–water partition coefficient (Wildman–Crippen LogP) is 2.07. The molecule has 2 heterocycles. The van der Waals surface area contributed by atoms with Gasteiger partial charge < -0.3 is 27.1 Å². The van der Waals surface area contributed by atoms with Crippen molar-refractivity contribution in [1.29, 1.82) is 0 Å². The average Bonchev–Trinajstić information content (AvgIpc) is 2.89. The van der Waals surface area contributed by atoms with Crippen LogP contribution >= 0.6 is 11.6 Å². The Morgan fingerprint density at radius 2 is 1.82 bits per heavy atom. The van der Waals surface area contributed by atoms with Gasteiger partial charge in [0.05, 0.1) is 23.2 Å². The number of anilines is 1. The standard InChI is InChI=1S/C26H24ClN7O4/c27-18-7-6-15(24(36)31-19(8-9-28)14-4-2-1-3-5-14)11-20(18)32-25(37)17-10-16-13-30-22(12-21(29)35)33-23(16)34-26(17)38/h1-7,10-11,13,19H,8-9,12,28H2,(H2,29,35)(H,31,36)(H,32,37)(H,30,33,34,38). The Balaban J connectivity index is 1.55. The Labute approximate surface area is 221 Å². The summed E-state index contributed by atoms with van der Waals surface area (Å²) >= 11 is 6.27. The van der Waals surface area contributed by atoms with E-state index in [1.807, 2.05) is 30.3 Å². The van der Waals surface area contributed by atoms with E-state index in [1.54, 1.807) is 0 Å². The lowest BCUT2D eigenvalue weighted by Gasteiger charge is -2.19. The summed E-state index contributed by atoms with van der Waals surface area (Å²) in [5.74, 6) is -1.61. The maximum absolute atomic E-state index is 13.0. The number of pyridine rings is 1. The SMILES string of the molecule is NCCC(NC(=O)c1ccc(Cl)c(NC(=O)c2cc3cnc(CC(N)=O)nc3[nH]c2=O)c1)c1ccccc1. The van der Waals surface area contributed by atoms with Crippen molar-refractivity contribution in [3.05, 3.63) is 98.7 Å². The number of halogens is 1. The third-order valence-electron chi connectivity index (χ3n) is 5.66. The number of fused-ring (bicyclic) bond motifs is 1. The number of nitrogens with zero attached hydrogens (tertiary/aromatic N) is 2. The van der Waals surface area contributed by atoms with Crippen molar-refractivity contribution < 1.29 is 14.4 Å². The van der Waals surface area contributed by atoms with E-state index in [-0.39, 0.29) is 51.7 Å². The van der Waals surface area contributed by atoms with E-state index < -0.39 is 17.4 Å². The fraction of sp³-hybridized carbons (Fsp3) is 0.154. The monoisotopic (exact) mass is 533 g/mol. The third kappa shape index (κ3) is 6.20. The van der Waals surface area contributed by atoms with Crippen molar-refractivity contribution >= 4 is 46.0 Å². The number of carbonyl (C=O) groups is 3. The first kappa shape index (κ1) is 26.5. The number of benzene rings is 2. The van der Waals surface area contributed by atoms with Crippen molar-refractivity contribution in [3.8, 4) is 0 Å². The van der Waals surface area contributed by atoms with E-state index in [9.17, 15) is 19.2 Å². The maximum Gasteiger partial charge on any atom is 0.262 e. The zero-order chi connectivity index (χ0) is 27.2. The molecule has 11 nitrogen and oxygen atoms in total. The number of primary amides is 1. The van der Waals surface area contributed by atoms with E-state index in [4.69, 9.17) is 23.1 Å². The second kappa shape index (κ2) is 11.6. The Morgan fingerprint density at radius 1 is 1.05 bits per heavy atom. The molecule has 2 aromatic carbocycles. The van der Waals surface area contributed by atoms with Crippen molar-refractivity contribution in [3.63, 3.8) is 0 Å². The number of aromatic nitrogens is 3. The number of hydrogen-bond acceptors (Lipinski definition) is 7. The van der Waals surface area contributed by atoms with Crippen LogP contribution < -0.4 is 27.7 Å². The van der Waals surface area contributed by atoms with Crippen LogP contribution in [0.4, 0.5) is 5.69 Å². The molecule has 194 valence electrons. The van der Waals surface area contributed by atoms with Crippen LogP contribution in [-0.2, 0) is 11.2 Å². The Hall–Kier alpha value is -4.61. The number of aromatic amines is 1. The predicted molar refractivity (Wildman–Crippen MR) is 143 cm³/mol. The molecule has 0 fully saturated rings. The lowest BCUT2D eigenvalue weighted by molar-refractivity contribution is -0.117. The normalized spacial score (nSPS) is 11.6. The molecule has 0 bridgehead atoms. The van der Waals surface area contributed by atoms with Crippen LogP contribution in [0.3, 0.4) is 0 Å². The van der Waals surface area contributed by atoms with Gasteiger partial charge in [0, 0.05) is 17.1 Å². The molecule has 4 aromatic rings. The summed E-state index contributed by atoms with van der Waals surface area (Å²) in [6.45, 7) is 0.375. The van der Waals surface area contributed by atoms with Gasteiger partial charge in [-0.25, -0.2) is 9.97 Å². The minimum Gasteiger partial charge on any atom is -0.369 e.